The molecule has 0 bridgehead atoms. The number of aromatic carboxylic acids is 1. The predicted molar refractivity (Wildman–Crippen MR) is 84.0 cm³/mol. The average molecular weight is 303 g/mol. The first-order valence-electron chi connectivity index (χ1n) is 6.70. The highest BCUT2D eigenvalue weighted by atomic mass is 35.5. The van der Waals surface area contributed by atoms with Gasteiger partial charge in [0, 0.05) is 17.6 Å². The fraction of sp³-hybridized carbons (Fsp3) is 0.188. The minimum absolute atomic E-state index is 0.110. The summed E-state index contributed by atoms with van der Waals surface area (Å²) < 4.78 is 0. The molecule has 1 fully saturated rings. The summed E-state index contributed by atoms with van der Waals surface area (Å²) in [6.45, 7) is 0. The number of anilines is 2. The van der Waals surface area contributed by atoms with Gasteiger partial charge in [0.05, 0.1) is 16.3 Å². The number of rotatable bonds is 4. The first-order chi connectivity index (χ1) is 10.1. The molecule has 1 saturated carbocycles. The third kappa shape index (κ3) is 2.81. The summed E-state index contributed by atoms with van der Waals surface area (Å²) in [7, 11) is 0. The Kier molecular flexibility index (Phi) is 3.47. The predicted octanol–water partition coefficient (Wildman–Crippen LogP) is 3.59. The lowest BCUT2D eigenvalue weighted by molar-refractivity contribution is 0.0698. The molecule has 4 nitrogen and oxygen atoms in total. The lowest BCUT2D eigenvalue weighted by atomic mass is 10.1. The zero-order valence-corrected chi connectivity index (χ0v) is 12.0. The highest BCUT2D eigenvalue weighted by molar-refractivity contribution is 6.34. The molecule has 3 rings (SSSR count). The summed E-state index contributed by atoms with van der Waals surface area (Å²) in [6.07, 6.45) is 0.962. The van der Waals surface area contributed by atoms with E-state index in [1.165, 1.54) is 11.6 Å². The number of halogens is 1. The molecule has 0 radical (unpaired) electrons. The van der Waals surface area contributed by atoms with Crippen molar-refractivity contribution in [3.63, 3.8) is 0 Å². The van der Waals surface area contributed by atoms with Crippen molar-refractivity contribution in [3.8, 4) is 0 Å². The van der Waals surface area contributed by atoms with E-state index in [0.717, 1.165) is 6.42 Å². The highest BCUT2D eigenvalue weighted by Gasteiger charge is 2.39. The van der Waals surface area contributed by atoms with Crippen LogP contribution in [0.5, 0.6) is 0 Å². The van der Waals surface area contributed by atoms with Crippen LogP contribution in [-0.2, 0) is 0 Å². The van der Waals surface area contributed by atoms with Gasteiger partial charge in [-0.15, -0.1) is 0 Å². The van der Waals surface area contributed by atoms with E-state index in [0.29, 0.717) is 22.3 Å². The summed E-state index contributed by atoms with van der Waals surface area (Å²) in [6, 6.07) is 13.3. The van der Waals surface area contributed by atoms with Crippen LogP contribution in [0.4, 0.5) is 11.4 Å². The van der Waals surface area contributed by atoms with Gasteiger partial charge in [-0.25, -0.2) is 4.79 Å². The molecule has 0 aromatic heterocycles. The van der Waals surface area contributed by atoms with Crippen LogP contribution < -0.4 is 11.1 Å². The summed E-state index contributed by atoms with van der Waals surface area (Å²) in [4.78, 5) is 11.3. The zero-order chi connectivity index (χ0) is 15.0. The van der Waals surface area contributed by atoms with Crippen molar-refractivity contribution in [3.05, 3.63) is 58.6 Å². The van der Waals surface area contributed by atoms with Crippen LogP contribution in [0.2, 0.25) is 5.02 Å². The van der Waals surface area contributed by atoms with Crippen LogP contribution in [0.1, 0.15) is 28.3 Å². The zero-order valence-electron chi connectivity index (χ0n) is 11.2. The van der Waals surface area contributed by atoms with Crippen molar-refractivity contribution < 1.29 is 9.90 Å². The number of hydrogen-bond acceptors (Lipinski definition) is 3. The Bertz CT molecular complexity index is 688. The molecule has 2 aromatic carbocycles. The SMILES string of the molecule is Nc1cc(Cl)c(NC2CC2c2ccccc2)c(C(=O)O)c1. The Morgan fingerprint density at radius 2 is 2.00 bits per heavy atom. The van der Waals surface area contributed by atoms with Crippen molar-refractivity contribution in [2.75, 3.05) is 11.1 Å². The molecule has 2 unspecified atom stereocenters. The van der Waals surface area contributed by atoms with E-state index in [4.69, 9.17) is 17.3 Å². The Morgan fingerprint density at radius 1 is 1.29 bits per heavy atom. The van der Waals surface area contributed by atoms with Gasteiger partial charge in [0.15, 0.2) is 0 Å². The van der Waals surface area contributed by atoms with Crippen LogP contribution in [0.15, 0.2) is 42.5 Å². The quantitative estimate of drug-likeness (QED) is 0.754. The maximum absolute atomic E-state index is 11.3. The van der Waals surface area contributed by atoms with Gasteiger partial charge in [-0.2, -0.15) is 0 Å². The van der Waals surface area contributed by atoms with E-state index >= 15 is 0 Å². The van der Waals surface area contributed by atoms with E-state index in [9.17, 15) is 9.90 Å². The first-order valence-corrected chi connectivity index (χ1v) is 7.08. The van der Waals surface area contributed by atoms with E-state index in [-0.39, 0.29) is 11.6 Å². The van der Waals surface area contributed by atoms with Gasteiger partial charge in [0.1, 0.15) is 0 Å². The number of carboxylic acid groups (broad SMARTS) is 1. The van der Waals surface area contributed by atoms with Gasteiger partial charge in [-0.1, -0.05) is 41.9 Å². The molecule has 5 heteroatoms. The number of nitrogen functional groups attached to an aromatic ring is 1. The molecule has 2 aromatic rings. The second-order valence-corrected chi connectivity index (χ2v) is 5.64. The number of carbonyl (C=O) groups is 1. The molecule has 0 amide bonds. The summed E-state index contributed by atoms with van der Waals surface area (Å²) in [5.74, 6) is -0.648. The number of hydrogen-bond donors (Lipinski definition) is 3. The Balaban J connectivity index is 1.82. The molecule has 21 heavy (non-hydrogen) atoms. The van der Waals surface area contributed by atoms with Crippen molar-refractivity contribution in [1.29, 1.82) is 0 Å². The Morgan fingerprint density at radius 3 is 2.67 bits per heavy atom. The Labute approximate surface area is 127 Å². The molecule has 2 atom stereocenters. The van der Waals surface area contributed by atoms with Crippen molar-refractivity contribution in [2.45, 2.75) is 18.4 Å². The lowest BCUT2D eigenvalue weighted by Gasteiger charge is -2.12. The first kappa shape index (κ1) is 13.8. The molecule has 4 N–H and O–H groups in total. The van der Waals surface area contributed by atoms with Crippen LogP contribution in [0.25, 0.3) is 0 Å². The van der Waals surface area contributed by atoms with Crippen molar-refractivity contribution >= 4 is 28.9 Å². The average Bonchev–Trinajstić information content (AvgIpc) is 3.21. The smallest absolute Gasteiger partial charge is 0.337 e. The standard InChI is InChI=1S/C16H15ClN2O2/c17-13-7-10(18)6-12(16(20)21)15(13)19-14-8-11(14)9-4-2-1-3-5-9/h1-7,11,14,19H,8,18H2,(H,20,21). The minimum Gasteiger partial charge on any atom is -0.478 e. The maximum atomic E-state index is 11.3. The number of carboxylic acids is 1. The summed E-state index contributed by atoms with van der Waals surface area (Å²) in [5, 5.41) is 12.9. The molecule has 0 heterocycles. The molecule has 1 aliphatic rings. The van der Waals surface area contributed by atoms with Gasteiger partial charge in [0.25, 0.3) is 0 Å². The maximum Gasteiger partial charge on any atom is 0.337 e. The molecule has 0 aliphatic heterocycles. The van der Waals surface area contributed by atoms with Crippen LogP contribution in [-0.4, -0.2) is 17.1 Å². The fourth-order valence-electron chi connectivity index (χ4n) is 2.55. The third-order valence-electron chi connectivity index (χ3n) is 3.69. The van der Waals surface area contributed by atoms with E-state index in [1.807, 2.05) is 18.2 Å². The third-order valence-corrected chi connectivity index (χ3v) is 3.99. The summed E-state index contributed by atoms with van der Waals surface area (Å²) in [5.41, 5.74) is 7.81. The molecular formula is C16H15ClN2O2. The van der Waals surface area contributed by atoms with Crippen molar-refractivity contribution in [1.82, 2.24) is 0 Å². The van der Waals surface area contributed by atoms with Gasteiger partial charge in [-0.05, 0) is 24.1 Å². The molecule has 0 saturated heterocycles. The summed E-state index contributed by atoms with van der Waals surface area (Å²) >= 11 is 6.14. The fourth-order valence-corrected chi connectivity index (χ4v) is 2.83. The largest absolute Gasteiger partial charge is 0.478 e. The monoisotopic (exact) mass is 302 g/mol. The normalized spacial score (nSPS) is 20.0. The topological polar surface area (TPSA) is 75.3 Å². The van der Waals surface area contributed by atoms with Gasteiger partial charge < -0.3 is 16.2 Å². The lowest BCUT2D eigenvalue weighted by Crippen LogP contribution is -2.11. The number of benzene rings is 2. The van der Waals surface area contributed by atoms with Gasteiger partial charge in [-0.3, -0.25) is 0 Å². The number of nitrogens with one attached hydrogen (secondary N) is 1. The van der Waals surface area contributed by atoms with Gasteiger partial charge >= 0.3 is 5.97 Å². The second-order valence-electron chi connectivity index (χ2n) is 5.23. The van der Waals surface area contributed by atoms with E-state index in [1.54, 1.807) is 6.07 Å². The van der Waals surface area contributed by atoms with Crippen LogP contribution >= 0.6 is 11.6 Å². The van der Waals surface area contributed by atoms with E-state index < -0.39 is 5.97 Å². The van der Waals surface area contributed by atoms with Crippen molar-refractivity contribution in [2.24, 2.45) is 0 Å². The Hall–Kier alpha value is -2.20. The minimum atomic E-state index is -1.04. The molecule has 1 aliphatic carbocycles. The van der Waals surface area contributed by atoms with E-state index in [2.05, 4.69) is 17.4 Å². The number of nitrogens with two attached hydrogens (primary N) is 1. The highest BCUT2D eigenvalue weighted by Crippen LogP contribution is 2.44. The van der Waals surface area contributed by atoms with Crippen LogP contribution in [0, 0.1) is 0 Å². The van der Waals surface area contributed by atoms with Gasteiger partial charge in [0.2, 0.25) is 0 Å². The molecule has 108 valence electrons. The molecule has 0 spiro atoms. The molecular weight excluding hydrogens is 288 g/mol. The second kappa shape index (κ2) is 5.30. The van der Waals surface area contributed by atoms with Crippen LogP contribution in [0.3, 0.4) is 0 Å².